The molecule has 0 aliphatic rings. The maximum atomic E-state index is 13.4. The van der Waals surface area contributed by atoms with Crippen molar-refractivity contribution in [2.24, 2.45) is 0 Å². The highest BCUT2D eigenvalue weighted by Gasteiger charge is 2.04. The molecule has 1 amide bonds. The summed E-state index contributed by atoms with van der Waals surface area (Å²) in [5, 5.41) is 2.90. The van der Waals surface area contributed by atoms with E-state index >= 15 is 0 Å². The molecule has 0 radical (unpaired) electrons. The molecule has 4 heteroatoms. The average molecular weight is 300 g/mol. The van der Waals surface area contributed by atoms with Gasteiger partial charge in [-0.2, -0.15) is 0 Å². The standard InChI is InChI=1S/C18H21FN2O/c19-17-10-2-1-8-16(17)9-3-11-18(22)21-13-5-7-15-6-4-12-20-14-15/h1-2,4,6,8,10,12,14H,3,5,7,9,11,13H2,(H,21,22). The fourth-order valence-electron chi connectivity index (χ4n) is 2.30. The molecule has 22 heavy (non-hydrogen) atoms. The quantitative estimate of drug-likeness (QED) is 0.760. The Bertz CT molecular complexity index is 587. The van der Waals surface area contributed by atoms with Gasteiger partial charge in [-0.1, -0.05) is 24.3 Å². The van der Waals surface area contributed by atoms with Gasteiger partial charge < -0.3 is 5.32 Å². The van der Waals surface area contributed by atoms with E-state index in [1.807, 2.05) is 24.4 Å². The lowest BCUT2D eigenvalue weighted by atomic mass is 10.1. The van der Waals surface area contributed by atoms with Crippen molar-refractivity contribution in [3.63, 3.8) is 0 Å². The normalized spacial score (nSPS) is 10.4. The van der Waals surface area contributed by atoms with Crippen LogP contribution in [0.15, 0.2) is 48.8 Å². The highest BCUT2D eigenvalue weighted by atomic mass is 19.1. The van der Waals surface area contributed by atoms with Crippen molar-refractivity contribution in [3.05, 3.63) is 65.7 Å². The molecule has 0 unspecified atom stereocenters. The summed E-state index contributed by atoms with van der Waals surface area (Å²) in [6.45, 7) is 0.660. The first-order chi connectivity index (χ1) is 10.8. The molecule has 3 nitrogen and oxygen atoms in total. The largest absolute Gasteiger partial charge is 0.356 e. The summed E-state index contributed by atoms with van der Waals surface area (Å²) < 4.78 is 13.4. The summed E-state index contributed by atoms with van der Waals surface area (Å²) in [5.74, 6) is -0.165. The minimum Gasteiger partial charge on any atom is -0.356 e. The molecule has 0 aliphatic carbocycles. The fraction of sp³-hybridized carbons (Fsp3) is 0.333. The number of benzene rings is 1. The second-order valence-corrected chi connectivity index (χ2v) is 5.26. The Labute approximate surface area is 130 Å². The van der Waals surface area contributed by atoms with E-state index in [1.165, 1.54) is 11.6 Å². The van der Waals surface area contributed by atoms with E-state index in [0.717, 1.165) is 12.8 Å². The Balaban J connectivity index is 1.57. The molecule has 1 N–H and O–H groups in total. The lowest BCUT2D eigenvalue weighted by Crippen LogP contribution is -2.24. The number of nitrogens with zero attached hydrogens (tertiary/aromatic N) is 1. The third kappa shape index (κ3) is 5.64. The van der Waals surface area contributed by atoms with Gasteiger partial charge in [0.25, 0.3) is 0 Å². The second kappa shape index (κ2) is 8.93. The fourth-order valence-corrected chi connectivity index (χ4v) is 2.30. The van der Waals surface area contributed by atoms with E-state index in [2.05, 4.69) is 10.3 Å². The molecule has 0 fully saturated rings. The first kappa shape index (κ1) is 16.1. The lowest BCUT2D eigenvalue weighted by molar-refractivity contribution is -0.121. The van der Waals surface area contributed by atoms with Gasteiger partial charge in [-0.3, -0.25) is 9.78 Å². The minimum atomic E-state index is -0.195. The number of hydrogen-bond acceptors (Lipinski definition) is 2. The first-order valence-corrected chi connectivity index (χ1v) is 7.65. The van der Waals surface area contributed by atoms with Gasteiger partial charge in [0.2, 0.25) is 5.91 Å². The van der Waals surface area contributed by atoms with Crippen molar-refractivity contribution >= 4 is 5.91 Å². The van der Waals surface area contributed by atoms with Crippen LogP contribution in [0.25, 0.3) is 0 Å². The summed E-state index contributed by atoms with van der Waals surface area (Å²) in [7, 11) is 0. The Hall–Kier alpha value is -2.23. The Kier molecular flexibility index (Phi) is 6.55. The number of rotatable bonds is 8. The molecule has 0 spiro atoms. The van der Waals surface area contributed by atoms with Gasteiger partial charge in [-0.05, 0) is 48.9 Å². The van der Waals surface area contributed by atoms with E-state index < -0.39 is 0 Å². The second-order valence-electron chi connectivity index (χ2n) is 5.26. The molecule has 0 atom stereocenters. The average Bonchev–Trinajstić information content (AvgIpc) is 2.54. The maximum Gasteiger partial charge on any atom is 0.220 e. The van der Waals surface area contributed by atoms with Crippen LogP contribution in [0.2, 0.25) is 0 Å². The number of halogens is 1. The van der Waals surface area contributed by atoms with Crippen LogP contribution in [-0.2, 0) is 17.6 Å². The maximum absolute atomic E-state index is 13.4. The molecule has 0 saturated carbocycles. The van der Waals surface area contributed by atoms with Crippen LogP contribution in [-0.4, -0.2) is 17.4 Å². The smallest absolute Gasteiger partial charge is 0.220 e. The predicted molar refractivity (Wildman–Crippen MR) is 84.9 cm³/mol. The number of amides is 1. The van der Waals surface area contributed by atoms with Gasteiger partial charge in [0, 0.05) is 25.4 Å². The van der Waals surface area contributed by atoms with Crippen LogP contribution in [0, 0.1) is 5.82 Å². The van der Waals surface area contributed by atoms with Crippen molar-refractivity contribution in [2.45, 2.75) is 32.1 Å². The number of carbonyl (C=O) groups excluding carboxylic acids is 1. The van der Waals surface area contributed by atoms with Gasteiger partial charge >= 0.3 is 0 Å². The zero-order valence-electron chi connectivity index (χ0n) is 12.6. The van der Waals surface area contributed by atoms with E-state index in [-0.39, 0.29) is 11.7 Å². The number of nitrogens with one attached hydrogen (secondary N) is 1. The van der Waals surface area contributed by atoms with Gasteiger partial charge in [-0.25, -0.2) is 4.39 Å². The summed E-state index contributed by atoms with van der Waals surface area (Å²) in [5.41, 5.74) is 1.85. The molecular formula is C18H21FN2O. The van der Waals surface area contributed by atoms with Crippen LogP contribution < -0.4 is 5.32 Å². The SMILES string of the molecule is O=C(CCCc1ccccc1F)NCCCc1cccnc1. The minimum absolute atomic E-state index is 0.0301. The molecule has 1 aromatic heterocycles. The number of aryl methyl sites for hydroxylation is 2. The topological polar surface area (TPSA) is 42.0 Å². The van der Waals surface area contributed by atoms with Crippen LogP contribution in [0.3, 0.4) is 0 Å². The zero-order chi connectivity index (χ0) is 15.6. The Morgan fingerprint density at radius 2 is 1.95 bits per heavy atom. The summed E-state index contributed by atoms with van der Waals surface area (Å²) in [6.07, 6.45) is 7.08. The van der Waals surface area contributed by atoms with Gasteiger partial charge in [0.05, 0.1) is 0 Å². The molecule has 1 aromatic carbocycles. The third-order valence-corrected chi connectivity index (χ3v) is 3.49. The van der Waals surface area contributed by atoms with E-state index in [9.17, 15) is 9.18 Å². The van der Waals surface area contributed by atoms with Crippen LogP contribution in [0.4, 0.5) is 4.39 Å². The summed E-state index contributed by atoms with van der Waals surface area (Å²) >= 11 is 0. The number of pyridine rings is 1. The molecule has 0 saturated heterocycles. The van der Waals surface area contributed by atoms with E-state index in [1.54, 1.807) is 18.3 Å². The highest BCUT2D eigenvalue weighted by Crippen LogP contribution is 2.09. The molecule has 2 rings (SSSR count). The molecular weight excluding hydrogens is 279 g/mol. The highest BCUT2D eigenvalue weighted by molar-refractivity contribution is 5.75. The van der Waals surface area contributed by atoms with Gasteiger partial charge in [0.15, 0.2) is 0 Å². The van der Waals surface area contributed by atoms with Gasteiger partial charge in [0.1, 0.15) is 5.82 Å². The van der Waals surface area contributed by atoms with Crippen molar-refractivity contribution in [2.75, 3.05) is 6.54 Å². The lowest BCUT2D eigenvalue weighted by Gasteiger charge is -2.06. The van der Waals surface area contributed by atoms with Crippen LogP contribution >= 0.6 is 0 Å². The van der Waals surface area contributed by atoms with Crippen molar-refractivity contribution < 1.29 is 9.18 Å². The third-order valence-electron chi connectivity index (χ3n) is 3.49. The van der Waals surface area contributed by atoms with Gasteiger partial charge in [-0.15, -0.1) is 0 Å². The van der Waals surface area contributed by atoms with Crippen molar-refractivity contribution in [1.29, 1.82) is 0 Å². The molecule has 1 heterocycles. The van der Waals surface area contributed by atoms with E-state index in [0.29, 0.717) is 31.4 Å². The van der Waals surface area contributed by atoms with Crippen molar-refractivity contribution in [3.8, 4) is 0 Å². The number of aromatic nitrogens is 1. The Morgan fingerprint density at radius 1 is 1.09 bits per heavy atom. The number of carbonyl (C=O) groups is 1. The summed E-state index contributed by atoms with van der Waals surface area (Å²) in [6, 6.07) is 10.7. The van der Waals surface area contributed by atoms with Crippen LogP contribution in [0.5, 0.6) is 0 Å². The molecule has 116 valence electrons. The number of hydrogen-bond donors (Lipinski definition) is 1. The zero-order valence-corrected chi connectivity index (χ0v) is 12.6. The van der Waals surface area contributed by atoms with E-state index in [4.69, 9.17) is 0 Å². The summed E-state index contributed by atoms with van der Waals surface area (Å²) in [4.78, 5) is 15.8. The monoisotopic (exact) mass is 300 g/mol. The predicted octanol–water partition coefficient (Wildman–Crippen LogP) is 3.29. The van der Waals surface area contributed by atoms with Crippen LogP contribution in [0.1, 0.15) is 30.4 Å². The Morgan fingerprint density at radius 3 is 2.73 bits per heavy atom. The first-order valence-electron chi connectivity index (χ1n) is 7.65. The van der Waals surface area contributed by atoms with Crippen molar-refractivity contribution in [1.82, 2.24) is 10.3 Å². The molecule has 2 aromatic rings. The molecule has 0 aliphatic heterocycles. The molecule has 0 bridgehead atoms.